The van der Waals surface area contributed by atoms with Crippen LogP contribution in [0.15, 0.2) is 0 Å². The van der Waals surface area contributed by atoms with Crippen LogP contribution in [0, 0.1) is 5.41 Å². The first kappa shape index (κ1) is 16.9. The highest BCUT2D eigenvalue weighted by Crippen LogP contribution is 2.24. The lowest BCUT2D eigenvalue weighted by molar-refractivity contribution is -0.151. The van der Waals surface area contributed by atoms with Crippen molar-refractivity contribution in [2.45, 2.75) is 26.7 Å². The first-order valence-electron chi connectivity index (χ1n) is 5.46. The fourth-order valence-corrected chi connectivity index (χ4v) is 2.48. The van der Waals surface area contributed by atoms with Crippen molar-refractivity contribution in [1.29, 1.82) is 0 Å². The Morgan fingerprint density at radius 3 is 1.53 bits per heavy atom. The summed E-state index contributed by atoms with van der Waals surface area (Å²) in [5.41, 5.74) is -0.407. The molecular weight excluding hydrogens is 356 g/mol. The average Bonchev–Trinajstić information content (AvgIpc) is 2.38. The van der Waals surface area contributed by atoms with Gasteiger partial charge in [-0.25, -0.2) is 0 Å². The van der Waals surface area contributed by atoms with Crippen LogP contribution in [0.25, 0.3) is 0 Å². The number of carbonyl (C=O) groups excluding carboxylic acids is 2. The fraction of sp³-hybridized carbons (Fsp3) is 0.818. The molecule has 0 unspecified atom stereocenters. The lowest BCUT2D eigenvalue weighted by Gasteiger charge is -2.28. The molecule has 0 heterocycles. The predicted molar refractivity (Wildman–Crippen MR) is 72.5 cm³/mol. The summed E-state index contributed by atoms with van der Waals surface area (Å²) in [6, 6.07) is 0. The van der Waals surface area contributed by atoms with Crippen molar-refractivity contribution in [2.75, 3.05) is 23.9 Å². The summed E-state index contributed by atoms with van der Waals surface area (Å²) in [5.74, 6) is -0.504. The minimum Gasteiger partial charge on any atom is -0.465 e. The second-order valence-corrected chi connectivity index (χ2v) is 4.92. The Balaban J connectivity index is 4.34. The number of hydrogen-bond acceptors (Lipinski definition) is 4. The Bertz CT molecular complexity index is 230. The molecule has 6 heteroatoms. The monoisotopic (exact) mass is 372 g/mol. The fourth-order valence-electron chi connectivity index (χ4n) is 0.903. The molecule has 4 nitrogen and oxygen atoms in total. The number of esters is 2. The van der Waals surface area contributed by atoms with Gasteiger partial charge in [0.2, 0.25) is 0 Å². The SMILES string of the molecule is CCC(=O)OCC(CBr)(CBr)COC(=O)CC. The van der Waals surface area contributed by atoms with Gasteiger partial charge in [0.05, 0.1) is 5.41 Å². The van der Waals surface area contributed by atoms with Gasteiger partial charge in [-0.1, -0.05) is 45.7 Å². The van der Waals surface area contributed by atoms with E-state index in [1.807, 2.05) is 0 Å². The molecule has 0 bridgehead atoms. The maximum atomic E-state index is 11.1. The van der Waals surface area contributed by atoms with Crippen molar-refractivity contribution < 1.29 is 19.1 Å². The lowest BCUT2D eigenvalue weighted by atomic mass is 9.96. The molecule has 0 radical (unpaired) electrons. The van der Waals surface area contributed by atoms with Gasteiger partial charge in [0.1, 0.15) is 13.2 Å². The van der Waals surface area contributed by atoms with Crippen LogP contribution in [0.3, 0.4) is 0 Å². The summed E-state index contributed by atoms with van der Waals surface area (Å²) in [6.07, 6.45) is 0.685. The predicted octanol–water partition coefficient (Wildman–Crippen LogP) is 2.67. The number of hydrogen-bond donors (Lipinski definition) is 0. The summed E-state index contributed by atoms with van der Waals surface area (Å²) in [4.78, 5) is 22.2. The molecule has 0 amide bonds. The molecular formula is C11H18Br2O4. The highest BCUT2D eigenvalue weighted by Gasteiger charge is 2.31. The number of halogens is 2. The number of carbonyl (C=O) groups is 2. The maximum absolute atomic E-state index is 11.1. The minimum absolute atomic E-state index is 0.229. The molecule has 0 fully saturated rings. The molecule has 0 aromatic carbocycles. The van der Waals surface area contributed by atoms with Crippen LogP contribution in [0.4, 0.5) is 0 Å². The van der Waals surface area contributed by atoms with Gasteiger partial charge in [-0.2, -0.15) is 0 Å². The molecule has 0 atom stereocenters. The van der Waals surface area contributed by atoms with Crippen LogP contribution < -0.4 is 0 Å². The topological polar surface area (TPSA) is 52.6 Å². The first-order valence-corrected chi connectivity index (χ1v) is 7.71. The highest BCUT2D eigenvalue weighted by atomic mass is 79.9. The second-order valence-electron chi connectivity index (χ2n) is 3.80. The van der Waals surface area contributed by atoms with Crippen LogP contribution >= 0.6 is 31.9 Å². The summed E-state index contributed by atoms with van der Waals surface area (Å²) in [6.45, 7) is 3.94. The maximum Gasteiger partial charge on any atom is 0.305 e. The molecule has 0 aliphatic rings. The summed E-state index contributed by atoms with van der Waals surface area (Å²) in [5, 5.41) is 1.17. The third kappa shape index (κ3) is 6.41. The van der Waals surface area contributed by atoms with E-state index >= 15 is 0 Å². The summed E-state index contributed by atoms with van der Waals surface area (Å²) in [7, 11) is 0. The molecule has 0 saturated carbocycles. The Morgan fingerprint density at radius 2 is 1.29 bits per heavy atom. The van der Waals surface area contributed by atoms with E-state index in [1.54, 1.807) is 13.8 Å². The van der Waals surface area contributed by atoms with E-state index in [0.29, 0.717) is 23.5 Å². The smallest absolute Gasteiger partial charge is 0.305 e. The van der Waals surface area contributed by atoms with Crippen molar-refractivity contribution in [3.05, 3.63) is 0 Å². The number of ether oxygens (including phenoxy) is 2. The second kappa shape index (κ2) is 8.91. The van der Waals surface area contributed by atoms with Gasteiger partial charge in [-0.3, -0.25) is 9.59 Å². The standard InChI is InChI=1S/C11H18Br2O4/c1-3-9(14)16-7-11(5-12,6-13)8-17-10(15)4-2/h3-8H2,1-2H3. The van der Waals surface area contributed by atoms with E-state index < -0.39 is 5.41 Å². The van der Waals surface area contributed by atoms with E-state index in [1.165, 1.54) is 0 Å². The molecule has 0 saturated heterocycles. The zero-order valence-electron chi connectivity index (χ0n) is 10.1. The summed E-state index contributed by atoms with van der Waals surface area (Å²) < 4.78 is 10.2. The molecule has 0 N–H and O–H groups in total. The van der Waals surface area contributed by atoms with Crippen LogP contribution in [0.5, 0.6) is 0 Å². The Labute approximate surface area is 119 Å². The van der Waals surface area contributed by atoms with Gasteiger partial charge >= 0.3 is 11.9 Å². The third-order valence-corrected chi connectivity index (χ3v) is 4.60. The highest BCUT2D eigenvalue weighted by molar-refractivity contribution is 9.09. The van der Waals surface area contributed by atoms with Gasteiger partial charge in [0, 0.05) is 23.5 Å². The molecule has 0 aromatic heterocycles. The normalized spacial score (nSPS) is 11.1. The molecule has 0 rings (SSSR count). The number of rotatable bonds is 8. The van der Waals surface area contributed by atoms with Crippen molar-refractivity contribution in [2.24, 2.45) is 5.41 Å². The van der Waals surface area contributed by atoms with Gasteiger partial charge in [0.25, 0.3) is 0 Å². The first-order chi connectivity index (χ1) is 8.03. The van der Waals surface area contributed by atoms with Gasteiger partial charge in [-0.15, -0.1) is 0 Å². The van der Waals surface area contributed by atoms with E-state index in [9.17, 15) is 9.59 Å². The van der Waals surface area contributed by atoms with Crippen molar-refractivity contribution >= 4 is 43.8 Å². The molecule has 0 spiro atoms. The largest absolute Gasteiger partial charge is 0.465 e. The van der Waals surface area contributed by atoms with Crippen molar-refractivity contribution in [1.82, 2.24) is 0 Å². The molecule has 100 valence electrons. The van der Waals surface area contributed by atoms with E-state index in [-0.39, 0.29) is 25.2 Å². The van der Waals surface area contributed by atoms with E-state index in [4.69, 9.17) is 9.47 Å². The third-order valence-electron chi connectivity index (χ3n) is 2.22. The van der Waals surface area contributed by atoms with Crippen molar-refractivity contribution in [3.63, 3.8) is 0 Å². The zero-order valence-corrected chi connectivity index (χ0v) is 13.3. The Kier molecular flexibility index (Phi) is 8.86. The molecule has 0 aliphatic carbocycles. The van der Waals surface area contributed by atoms with Crippen LogP contribution in [0.2, 0.25) is 0 Å². The van der Waals surface area contributed by atoms with Gasteiger partial charge in [-0.05, 0) is 0 Å². The quantitative estimate of drug-likeness (QED) is 0.484. The average molecular weight is 374 g/mol. The van der Waals surface area contributed by atoms with E-state index in [2.05, 4.69) is 31.9 Å². The lowest BCUT2D eigenvalue weighted by Crippen LogP contribution is -2.37. The number of alkyl halides is 2. The van der Waals surface area contributed by atoms with Crippen molar-refractivity contribution in [3.8, 4) is 0 Å². The van der Waals surface area contributed by atoms with Gasteiger partial charge in [0.15, 0.2) is 0 Å². The zero-order chi connectivity index (χ0) is 13.3. The van der Waals surface area contributed by atoms with E-state index in [0.717, 1.165) is 0 Å². The Hall–Kier alpha value is -0.100. The summed E-state index contributed by atoms with van der Waals surface area (Å²) >= 11 is 6.73. The van der Waals surface area contributed by atoms with Crippen LogP contribution in [0.1, 0.15) is 26.7 Å². The Morgan fingerprint density at radius 1 is 0.941 bits per heavy atom. The van der Waals surface area contributed by atoms with Crippen LogP contribution in [-0.2, 0) is 19.1 Å². The van der Waals surface area contributed by atoms with Gasteiger partial charge < -0.3 is 9.47 Å². The minimum atomic E-state index is -0.407. The molecule has 17 heavy (non-hydrogen) atoms. The molecule has 0 aliphatic heterocycles. The van der Waals surface area contributed by atoms with Crippen LogP contribution in [-0.4, -0.2) is 35.8 Å². The molecule has 0 aromatic rings.